The Kier molecular flexibility index (Phi) is 5.25. The number of hydrogen-bond donors (Lipinski definition) is 2. The first-order valence-electron chi connectivity index (χ1n) is 7.30. The van der Waals surface area contributed by atoms with Gasteiger partial charge >= 0.3 is 0 Å². The summed E-state index contributed by atoms with van der Waals surface area (Å²) in [5.41, 5.74) is -1.80. The van der Waals surface area contributed by atoms with E-state index in [-0.39, 0.29) is 6.61 Å². The highest BCUT2D eigenvalue weighted by atomic mass is 16.8. The summed E-state index contributed by atoms with van der Waals surface area (Å²) in [6.45, 7) is 7.67. The maximum atomic E-state index is 10.4. The minimum absolute atomic E-state index is 0.0143. The molecule has 1 saturated carbocycles. The topological polar surface area (TPSA) is 86.6 Å². The summed E-state index contributed by atoms with van der Waals surface area (Å²) in [7, 11) is 0. The van der Waals surface area contributed by atoms with Gasteiger partial charge in [-0.3, -0.25) is 0 Å². The van der Waals surface area contributed by atoms with Gasteiger partial charge in [0.25, 0.3) is 0 Å². The maximum Gasteiger partial charge on any atom is 0.164 e. The van der Waals surface area contributed by atoms with Crippen molar-refractivity contribution in [2.24, 2.45) is 0 Å². The van der Waals surface area contributed by atoms with Gasteiger partial charge in [-0.1, -0.05) is 0 Å². The van der Waals surface area contributed by atoms with E-state index in [0.717, 1.165) is 0 Å². The largest absolute Gasteiger partial charge is 0.394 e. The van der Waals surface area contributed by atoms with Gasteiger partial charge in [0.2, 0.25) is 0 Å². The van der Waals surface area contributed by atoms with Gasteiger partial charge < -0.3 is 33.9 Å². The van der Waals surface area contributed by atoms with Crippen molar-refractivity contribution in [3.05, 3.63) is 0 Å². The number of rotatable bonds is 9. The molecule has 1 spiro atoms. The van der Waals surface area contributed by atoms with E-state index in [1.54, 1.807) is 6.92 Å². The van der Waals surface area contributed by atoms with Gasteiger partial charge in [-0.05, 0) is 20.8 Å². The fourth-order valence-corrected chi connectivity index (χ4v) is 2.67. The van der Waals surface area contributed by atoms with Gasteiger partial charge in [-0.25, -0.2) is 0 Å². The van der Waals surface area contributed by atoms with Crippen LogP contribution in [0.15, 0.2) is 0 Å². The van der Waals surface area contributed by atoms with E-state index < -0.39 is 23.1 Å². The van der Waals surface area contributed by atoms with E-state index >= 15 is 0 Å². The molecule has 124 valence electrons. The monoisotopic (exact) mass is 306 g/mol. The van der Waals surface area contributed by atoms with Crippen LogP contribution in [-0.2, 0) is 23.7 Å². The molecule has 7 heteroatoms. The summed E-state index contributed by atoms with van der Waals surface area (Å²) in [5, 5.41) is 18.9. The summed E-state index contributed by atoms with van der Waals surface area (Å²) in [4.78, 5) is 0. The Bertz CT molecular complexity index is 344. The van der Waals surface area contributed by atoms with Crippen LogP contribution in [-0.4, -0.2) is 79.6 Å². The molecule has 2 aliphatic rings. The minimum Gasteiger partial charge on any atom is -0.394 e. The summed E-state index contributed by atoms with van der Waals surface area (Å²) in [5.74, 6) is -0.692. The van der Waals surface area contributed by atoms with Crippen LogP contribution < -0.4 is 0 Å². The molecule has 2 unspecified atom stereocenters. The summed E-state index contributed by atoms with van der Waals surface area (Å²) >= 11 is 0. The quantitative estimate of drug-likeness (QED) is 0.565. The molecule has 21 heavy (non-hydrogen) atoms. The van der Waals surface area contributed by atoms with Crippen LogP contribution in [0, 0.1) is 0 Å². The van der Waals surface area contributed by atoms with Gasteiger partial charge in [0, 0.05) is 0 Å². The molecular formula is C14H26O7. The van der Waals surface area contributed by atoms with E-state index in [4.69, 9.17) is 28.8 Å². The predicted octanol–water partition coefficient (Wildman–Crippen LogP) is -0.317. The van der Waals surface area contributed by atoms with Crippen LogP contribution in [0.5, 0.6) is 0 Å². The highest BCUT2D eigenvalue weighted by Crippen LogP contribution is 2.58. The standard InChI is InChI=1S/C14H26O7/c1-12(2)20-10-14(21-12)11(13(14,3)16)19-9-8-18-7-6-17-5-4-15/h11,15-16H,4-10H2,1-3H3/t11?,13?,14-/m0/s1. The molecule has 0 amide bonds. The molecule has 1 aliphatic carbocycles. The molecule has 1 heterocycles. The van der Waals surface area contributed by atoms with Crippen LogP contribution in [0.4, 0.5) is 0 Å². The zero-order chi connectivity index (χ0) is 15.6. The molecule has 0 bridgehead atoms. The lowest BCUT2D eigenvalue weighted by Gasteiger charge is -2.17. The zero-order valence-corrected chi connectivity index (χ0v) is 13.0. The third kappa shape index (κ3) is 3.56. The normalized spacial score (nSPS) is 37.3. The van der Waals surface area contributed by atoms with E-state index in [9.17, 15) is 5.11 Å². The average molecular weight is 306 g/mol. The van der Waals surface area contributed by atoms with Crippen LogP contribution in [0.3, 0.4) is 0 Å². The smallest absolute Gasteiger partial charge is 0.164 e. The lowest BCUT2D eigenvalue weighted by Crippen LogP contribution is -2.29. The van der Waals surface area contributed by atoms with E-state index in [1.165, 1.54) is 0 Å². The first-order valence-corrected chi connectivity index (χ1v) is 7.30. The molecule has 2 rings (SSSR count). The Balaban J connectivity index is 1.62. The van der Waals surface area contributed by atoms with Crippen molar-refractivity contribution in [1.29, 1.82) is 0 Å². The first kappa shape index (κ1) is 17.1. The Hall–Kier alpha value is -0.280. The zero-order valence-electron chi connectivity index (χ0n) is 13.0. The van der Waals surface area contributed by atoms with E-state index in [1.807, 2.05) is 13.8 Å². The Morgan fingerprint density at radius 2 is 1.67 bits per heavy atom. The SMILES string of the molecule is CC1(C)OC[C@]2(O1)C(OCCOCCOCCO)C2(C)O. The number of aliphatic hydroxyl groups excluding tert-OH is 1. The molecule has 1 saturated heterocycles. The molecular weight excluding hydrogens is 280 g/mol. The molecule has 0 radical (unpaired) electrons. The molecule has 0 aromatic heterocycles. The summed E-state index contributed by atoms with van der Waals surface area (Å²) in [6, 6.07) is 0. The second-order valence-corrected chi connectivity index (χ2v) is 6.03. The van der Waals surface area contributed by atoms with Crippen molar-refractivity contribution in [2.75, 3.05) is 46.2 Å². The molecule has 2 N–H and O–H groups in total. The highest BCUT2D eigenvalue weighted by Gasteiger charge is 2.80. The van der Waals surface area contributed by atoms with Crippen molar-refractivity contribution in [1.82, 2.24) is 0 Å². The van der Waals surface area contributed by atoms with Gasteiger partial charge in [0.1, 0.15) is 11.7 Å². The number of ether oxygens (including phenoxy) is 5. The summed E-state index contributed by atoms with van der Waals surface area (Å²) < 4.78 is 27.4. The number of aliphatic hydroxyl groups is 2. The second-order valence-electron chi connectivity index (χ2n) is 6.03. The number of hydrogen-bond acceptors (Lipinski definition) is 7. The molecule has 1 aliphatic heterocycles. The highest BCUT2D eigenvalue weighted by molar-refractivity contribution is 5.29. The van der Waals surface area contributed by atoms with Gasteiger partial charge in [-0.2, -0.15) is 0 Å². The molecule has 3 atom stereocenters. The van der Waals surface area contributed by atoms with Crippen LogP contribution in [0.1, 0.15) is 20.8 Å². The van der Waals surface area contributed by atoms with Crippen molar-refractivity contribution in [2.45, 2.75) is 43.9 Å². The lowest BCUT2D eigenvalue weighted by atomic mass is 10.2. The molecule has 0 aromatic carbocycles. The van der Waals surface area contributed by atoms with Crippen LogP contribution in [0.25, 0.3) is 0 Å². The third-order valence-electron chi connectivity index (χ3n) is 3.89. The average Bonchev–Trinajstić information content (AvgIpc) is 2.67. The third-order valence-corrected chi connectivity index (χ3v) is 3.89. The van der Waals surface area contributed by atoms with Crippen molar-refractivity contribution < 1.29 is 33.9 Å². The minimum atomic E-state index is -1.04. The second kappa shape index (κ2) is 6.45. The predicted molar refractivity (Wildman–Crippen MR) is 72.9 cm³/mol. The van der Waals surface area contributed by atoms with Gasteiger partial charge in [0.15, 0.2) is 11.4 Å². The summed E-state index contributed by atoms with van der Waals surface area (Å²) in [6.07, 6.45) is -0.402. The Labute approximate surface area is 125 Å². The maximum absolute atomic E-state index is 10.4. The molecule has 2 fully saturated rings. The fraction of sp³-hybridized carbons (Fsp3) is 1.00. The lowest BCUT2D eigenvalue weighted by molar-refractivity contribution is -0.155. The van der Waals surface area contributed by atoms with Crippen LogP contribution in [0.2, 0.25) is 0 Å². The Morgan fingerprint density at radius 3 is 2.24 bits per heavy atom. The van der Waals surface area contributed by atoms with Crippen molar-refractivity contribution in [3.63, 3.8) is 0 Å². The molecule has 0 aromatic rings. The first-order chi connectivity index (χ1) is 9.86. The Morgan fingerprint density at radius 1 is 1.05 bits per heavy atom. The van der Waals surface area contributed by atoms with Crippen molar-refractivity contribution >= 4 is 0 Å². The van der Waals surface area contributed by atoms with Crippen LogP contribution >= 0.6 is 0 Å². The van der Waals surface area contributed by atoms with Gasteiger partial charge in [-0.15, -0.1) is 0 Å². The fourth-order valence-electron chi connectivity index (χ4n) is 2.67. The van der Waals surface area contributed by atoms with E-state index in [2.05, 4.69) is 0 Å². The van der Waals surface area contributed by atoms with Gasteiger partial charge in [0.05, 0.1) is 46.2 Å². The van der Waals surface area contributed by atoms with Crippen molar-refractivity contribution in [3.8, 4) is 0 Å². The molecule has 7 nitrogen and oxygen atoms in total. The van der Waals surface area contributed by atoms with E-state index in [0.29, 0.717) is 39.6 Å².